The smallest absolute Gasteiger partial charge is 0.299 e. The standard InChI is InChI=1S/C18H16F2N4O2/c19-17(20)14-5-2-13(3-6-14)4-7-15(25)23-10-11-24(16(26)12-23)18-21-8-1-9-22-18/h1-3,5-6,8-9,16-17,26H,10-12H2. The van der Waals surface area contributed by atoms with Gasteiger partial charge in [-0.2, -0.15) is 0 Å². The third-order valence-electron chi connectivity index (χ3n) is 3.93. The van der Waals surface area contributed by atoms with Crippen molar-refractivity contribution in [2.24, 2.45) is 0 Å². The lowest BCUT2D eigenvalue weighted by Gasteiger charge is -2.37. The van der Waals surface area contributed by atoms with E-state index >= 15 is 0 Å². The predicted molar refractivity (Wildman–Crippen MR) is 90.2 cm³/mol. The van der Waals surface area contributed by atoms with Crippen LogP contribution < -0.4 is 4.90 Å². The van der Waals surface area contributed by atoms with Crippen LogP contribution in [-0.4, -0.2) is 51.7 Å². The SMILES string of the molecule is O=C(C#Cc1ccc(C(F)F)cc1)N1CCN(c2ncccn2)C(O)C1. The number of carbonyl (C=O) groups is 1. The third kappa shape index (κ3) is 4.13. The molecule has 1 aromatic heterocycles. The highest BCUT2D eigenvalue weighted by molar-refractivity contribution is 5.94. The number of halogens is 2. The van der Waals surface area contributed by atoms with Gasteiger partial charge in [0.1, 0.15) is 6.23 Å². The van der Waals surface area contributed by atoms with E-state index in [1.165, 1.54) is 29.2 Å². The number of hydrogen-bond donors (Lipinski definition) is 1. The minimum Gasteiger partial charge on any atom is -0.372 e. The molecule has 1 unspecified atom stereocenters. The van der Waals surface area contributed by atoms with Crippen molar-refractivity contribution in [1.82, 2.24) is 14.9 Å². The molecule has 1 amide bonds. The molecule has 0 saturated carbocycles. The summed E-state index contributed by atoms with van der Waals surface area (Å²) in [4.78, 5) is 23.4. The van der Waals surface area contributed by atoms with Gasteiger partial charge in [0.05, 0.1) is 6.54 Å². The maximum atomic E-state index is 12.5. The number of piperazine rings is 1. The molecule has 1 N–H and O–H groups in total. The van der Waals surface area contributed by atoms with Gasteiger partial charge in [-0.15, -0.1) is 0 Å². The van der Waals surface area contributed by atoms with Gasteiger partial charge >= 0.3 is 0 Å². The molecule has 2 aromatic rings. The summed E-state index contributed by atoms with van der Waals surface area (Å²) in [5, 5.41) is 10.2. The van der Waals surface area contributed by atoms with E-state index < -0.39 is 18.6 Å². The number of aliphatic hydroxyl groups excluding tert-OH is 1. The molecule has 3 rings (SSSR count). The van der Waals surface area contributed by atoms with Gasteiger partial charge < -0.3 is 14.9 Å². The summed E-state index contributed by atoms with van der Waals surface area (Å²) in [7, 11) is 0. The van der Waals surface area contributed by atoms with Crippen molar-refractivity contribution in [1.29, 1.82) is 0 Å². The van der Waals surface area contributed by atoms with Crippen molar-refractivity contribution >= 4 is 11.9 Å². The van der Waals surface area contributed by atoms with E-state index in [4.69, 9.17) is 0 Å². The lowest BCUT2D eigenvalue weighted by atomic mass is 10.1. The van der Waals surface area contributed by atoms with Crippen molar-refractivity contribution in [2.75, 3.05) is 24.5 Å². The van der Waals surface area contributed by atoms with Crippen LogP contribution in [0.1, 0.15) is 17.6 Å². The Balaban J connectivity index is 1.62. The maximum Gasteiger partial charge on any atom is 0.299 e. The minimum atomic E-state index is -2.54. The van der Waals surface area contributed by atoms with Gasteiger partial charge in [0, 0.05) is 42.5 Å². The number of nitrogens with zero attached hydrogens (tertiary/aromatic N) is 4. The minimum absolute atomic E-state index is 0.0795. The number of β-amino-alcohol motifs (C(OH)–C–C–N with tert-alkyl or cyclic N) is 1. The van der Waals surface area contributed by atoms with E-state index in [1.807, 2.05) is 0 Å². The number of hydrogen-bond acceptors (Lipinski definition) is 5. The van der Waals surface area contributed by atoms with E-state index in [2.05, 4.69) is 21.8 Å². The third-order valence-corrected chi connectivity index (χ3v) is 3.93. The van der Waals surface area contributed by atoms with Gasteiger partial charge in [0.25, 0.3) is 12.3 Å². The molecule has 1 aliphatic rings. The lowest BCUT2D eigenvalue weighted by molar-refractivity contribution is -0.127. The van der Waals surface area contributed by atoms with E-state index in [1.54, 1.807) is 23.4 Å². The molecule has 0 bridgehead atoms. The van der Waals surface area contributed by atoms with Crippen LogP contribution in [0.5, 0.6) is 0 Å². The topological polar surface area (TPSA) is 69.6 Å². The Morgan fingerprint density at radius 1 is 1.19 bits per heavy atom. The summed E-state index contributed by atoms with van der Waals surface area (Å²) in [6, 6.07) is 7.13. The molecule has 134 valence electrons. The number of aliphatic hydroxyl groups is 1. The number of amides is 1. The van der Waals surface area contributed by atoms with Gasteiger partial charge in [-0.1, -0.05) is 18.1 Å². The highest BCUT2D eigenvalue weighted by Crippen LogP contribution is 2.18. The molecular formula is C18H16F2N4O2. The Hall–Kier alpha value is -3.05. The zero-order valence-electron chi connectivity index (χ0n) is 13.7. The van der Waals surface area contributed by atoms with Gasteiger partial charge in [-0.3, -0.25) is 4.79 Å². The van der Waals surface area contributed by atoms with E-state index in [0.29, 0.717) is 24.6 Å². The number of benzene rings is 1. The van der Waals surface area contributed by atoms with Crippen LogP contribution in [0.2, 0.25) is 0 Å². The van der Waals surface area contributed by atoms with Crippen molar-refractivity contribution in [3.8, 4) is 11.8 Å². The largest absolute Gasteiger partial charge is 0.372 e. The van der Waals surface area contributed by atoms with Gasteiger partial charge in [0.15, 0.2) is 0 Å². The summed E-state index contributed by atoms with van der Waals surface area (Å²) in [6.07, 6.45) is -0.304. The second kappa shape index (κ2) is 7.89. The van der Waals surface area contributed by atoms with Crippen LogP contribution in [0.25, 0.3) is 0 Å². The van der Waals surface area contributed by atoms with Crippen LogP contribution in [0.3, 0.4) is 0 Å². The second-order valence-corrected chi connectivity index (χ2v) is 5.65. The zero-order valence-corrected chi connectivity index (χ0v) is 13.7. The second-order valence-electron chi connectivity index (χ2n) is 5.65. The van der Waals surface area contributed by atoms with Crippen LogP contribution in [-0.2, 0) is 4.79 Å². The molecule has 0 spiro atoms. The van der Waals surface area contributed by atoms with Gasteiger partial charge in [-0.05, 0) is 18.2 Å². The van der Waals surface area contributed by atoms with Gasteiger partial charge in [-0.25, -0.2) is 18.7 Å². The number of aromatic nitrogens is 2. The Morgan fingerprint density at radius 2 is 1.88 bits per heavy atom. The molecular weight excluding hydrogens is 342 g/mol. The maximum absolute atomic E-state index is 12.5. The van der Waals surface area contributed by atoms with Crippen molar-refractivity contribution < 1.29 is 18.7 Å². The first-order chi connectivity index (χ1) is 12.5. The number of carbonyl (C=O) groups excluding carboxylic acids is 1. The molecule has 6 nitrogen and oxygen atoms in total. The number of anilines is 1. The molecule has 1 atom stereocenters. The molecule has 8 heteroatoms. The van der Waals surface area contributed by atoms with Crippen molar-refractivity contribution in [3.05, 3.63) is 53.9 Å². The zero-order chi connectivity index (χ0) is 18.5. The first-order valence-electron chi connectivity index (χ1n) is 7.95. The summed E-state index contributed by atoms with van der Waals surface area (Å²) in [5.74, 6) is 5.11. The monoisotopic (exact) mass is 358 g/mol. The fourth-order valence-electron chi connectivity index (χ4n) is 2.54. The average molecular weight is 358 g/mol. The summed E-state index contributed by atoms with van der Waals surface area (Å²) < 4.78 is 25.0. The van der Waals surface area contributed by atoms with Crippen LogP contribution in [0, 0.1) is 11.8 Å². The highest BCUT2D eigenvalue weighted by Gasteiger charge is 2.28. The van der Waals surface area contributed by atoms with E-state index in [-0.39, 0.29) is 12.1 Å². The lowest BCUT2D eigenvalue weighted by Crippen LogP contribution is -2.55. The first-order valence-corrected chi connectivity index (χ1v) is 7.95. The highest BCUT2D eigenvalue weighted by atomic mass is 19.3. The van der Waals surface area contributed by atoms with E-state index in [0.717, 1.165) is 0 Å². The summed E-state index contributed by atoms with van der Waals surface area (Å²) in [5.41, 5.74) is 0.379. The normalized spacial score (nSPS) is 17.0. The molecule has 2 heterocycles. The molecule has 1 fully saturated rings. The summed E-state index contributed by atoms with van der Waals surface area (Å²) in [6.45, 7) is 0.824. The number of rotatable bonds is 2. The summed E-state index contributed by atoms with van der Waals surface area (Å²) >= 11 is 0. The van der Waals surface area contributed by atoms with Crippen LogP contribution in [0.4, 0.5) is 14.7 Å². The van der Waals surface area contributed by atoms with Crippen molar-refractivity contribution in [3.63, 3.8) is 0 Å². The Labute approximate surface area is 149 Å². The van der Waals surface area contributed by atoms with Crippen LogP contribution in [0.15, 0.2) is 42.7 Å². The fraction of sp³-hybridized carbons (Fsp3) is 0.278. The Morgan fingerprint density at radius 3 is 2.50 bits per heavy atom. The van der Waals surface area contributed by atoms with Gasteiger partial charge in [0.2, 0.25) is 5.95 Å². The predicted octanol–water partition coefficient (Wildman–Crippen LogP) is 1.43. The van der Waals surface area contributed by atoms with Crippen molar-refractivity contribution in [2.45, 2.75) is 12.7 Å². The Kier molecular flexibility index (Phi) is 5.39. The molecule has 1 aromatic carbocycles. The van der Waals surface area contributed by atoms with Crippen LogP contribution >= 0.6 is 0 Å². The average Bonchev–Trinajstić information content (AvgIpc) is 2.67. The quantitative estimate of drug-likeness (QED) is 0.823. The first kappa shape index (κ1) is 17.8. The molecule has 0 aliphatic carbocycles. The molecule has 0 radical (unpaired) electrons. The molecule has 26 heavy (non-hydrogen) atoms. The van der Waals surface area contributed by atoms with E-state index in [9.17, 15) is 18.7 Å². The Bertz CT molecular complexity index is 819. The molecule has 1 aliphatic heterocycles. The number of alkyl halides is 2. The fourth-order valence-corrected chi connectivity index (χ4v) is 2.54. The molecule has 1 saturated heterocycles.